The van der Waals surface area contributed by atoms with Gasteiger partial charge in [-0.25, -0.2) is 9.97 Å². The van der Waals surface area contributed by atoms with Crippen molar-refractivity contribution in [2.45, 2.75) is 19.8 Å². The van der Waals surface area contributed by atoms with Gasteiger partial charge in [0.15, 0.2) is 5.13 Å². The fourth-order valence-electron chi connectivity index (χ4n) is 2.36. The number of hydrogen-bond acceptors (Lipinski definition) is 6. The van der Waals surface area contributed by atoms with E-state index in [2.05, 4.69) is 32.4 Å². The third-order valence-electron chi connectivity index (χ3n) is 3.71. The first kappa shape index (κ1) is 17.7. The number of carbonyl (C=O) groups excluding carboxylic acids is 2. The summed E-state index contributed by atoms with van der Waals surface area (Å²) in [5, 5.41) is 2.95. The van der Waals surface area contributed by atoms with E-state index in [0.29, 0.717) is 11.6 Å². The van der Waals surface area contributed by atoms with Crippen LogP contribution in [0.25, 0.3) is 0 Å². The van der Waals surface area contributed by atoms with Gasteiger partial charge in [-0.3, -0.25) is 19.9 Å². The Morgan fingerprint density at radius 3 is 2.58 bits per heavy atom. The van der Waals surface area contributed by atoms with Gasteiger partial charge in [0.2, 0.25) is 0 Å². The maximum atomic E-state index is 12.2. The largest absolute Gasteiger partial charge is 0.364 e. The molecule has 0 saturated carbocycles. The number of nitrogens with zero attached hydrogens (tertiary/aromatic N) is 3. The van der Waals surface area contributed by atoms with Crippen LogP contribution in [0, 0.1) is 6.92 Å². The monoisotopic (exact) mass is 367 g/mol. The Hall–Kier alpha value is -3.13. The molecule has 3 rings (SSSR count). The highest BCUT2D eigenvalue weighted by Crippen LogP contribution is 2.25. The highest BCUT2D eigenvalue weighted by molar-refractivity contribution is 7.16. The van der Waals surface area contributed by atoms with Gasteiger partial charge >= 0.3 is 0 Å². The maximum absolute atomic E-state index is 12.2. The molecular formula is C18H17N5O2S. The summed E-state index contributed by atoms with van der Waals surface area (Å²) in [4.78, 5) is 36.5. The molecular weight excluding hydrogens is 350 g/mol. The van der Waals surface area contributed by atoms with Crippen LogP contribution >= 0.6 is 11.3 Å². The second-order valence-corrected chi connectivity index (χ2v) is 6.77. The Morgan fingerprint density at radius 2 is 1.92 bits per heavy atom. The zero-order valence-corrected chi connectivity index (χ0v) is 14.9. The van der Waals surface area contributed by atoms with Crippen LogP contribution in [0.4, 0.5) is 5.13 Å². The van der Waals surface area contributed by atoms with Gasteiger partial charge in [-0.1, -0.05) is 29.8 Å². The Bertz CT molecular complexity index is 923. The number of carbonyl (C=O) groups is 2. The van der Waals surface area contributed by atoms with Crippen molar-refractivity contribution in [3.63, 3.8) is 0 Å². The van der Waals surface area contributed by atoms with E-state index >= 15 is 0 Å². The summed E-state index contributed by atoms with van der Waals surface area (Å²) in [6.45, 7) is 2.03. The highest BCUT2D eigenvalue weighted by atomic mass is 32.1. The fourth-order valence-corrected chi connectivity index (χ4v) is 3.32. The van der Waals surface area contributed by atoms with Crippen molar-refractivity contribution in [1.29, 1.82) is 0 Å². The summed E-state index contributed by atoms with van der Waals surface area (Å²) in [6, 6.07) is 8.20. The third kappa shape index (κ3) is 4.28. The molecule has 3 aromatic rings. The first-order chi connectivity index (χ1) is 12.5. The van der Waals surface area contributed by atoms with Gasteiger partial charge in [0.25, 0.3) is 11.8 Å². The number of nitrogens with two attached hydrogens (primary N) is 1. The zero-order valence-electron chi connectivity index (χ0n) is 14.1. The lowest BCUT2D eigenvalue weighted by atomic mass is 10.1. The Balaban J connectivity index is 1.74. The number of aryl methyl sites for hydroxylation is 3. The minimum atomic E-state index is -0.611. The van der Waals surface area contributed by atoms with Gasteiger partial charge in [-0.2, -0.15) is 0 Å². The van der Waals surface area contributed by atoms with E-state index in [1.54, 1.807) is 0 Å². The van der Waals surface area contributed by atoms with E-state index in [1.807, 2.05) is 19.1 Å². The van der Waals surface area contributed by atoms with Gasteiger partial charge in [-0.15, -0.1) is 11.3 Å². The maximum Gasteiger partial charge on any atom is 0.277 e. The van der Waals surface area contributed by atoms with Gasteiger partial charge < -0.3 is 5.73 Å². The van der Waals surface area contributed by atoms with Crippen molar-refractivity contribution in [2.75, 3.05) is 5.32 Å². The molecule has 7 nitrogen and oxygen atoms in total. The van der Waals surface area contributed by atoms with Crippen LogP contribution in [0.2, 0.25) is 0 Å². The summed E-state index contributed by atoms with van der Waals surface area (Å²) in [6.07, 6.45) is 5.63. The molecule has 0 aliphatic rings. The molecule has 2 amide bonds. The molecule has 0 saturated heterocycles. The fraction of sp³-hybridized carbons (Fsp3) is 0.167. The normalized spacial score (nSPS) is 10.5. The van der Waals surface area contributed by atoms with Crippen LogP contribution in [0.3, 0.4) is 0 Å². The van der Waals surface area contributed by atoms with Gasteiger partial charge in [0.1, 0.15) is 11.4 Å². The number of amides is 2. The standard InChI is InChI=1S/C18H17N5O2S/c1-11-2-4-12(5-3-11)6-7-14-15(16(19)24)22-18(26-14)23-17(25)13-10-20-8-9-21-13/h2-5,8-10H,6-7H2,1H3,(H2,19,24)(H,22,23,25). The van der Waals surface area contributed by atoms with E-state index in [0.717, 1.165) is 16.9 Å². The lowest BCUT2D eigenvalue weighted by molar-refractivity contribution is 0.0990. The minimum absolute atomic E-state index is 0.171. The quantitative estimate of drug-likeness (QED) is 0.695. The lowest BCUT2D eigenvalue weighted by Crippen LogP contribution is -2.15. The average Bonchev–Trinajstić information content (AvgIpc) is 3.05. The predicted molar refractivity (Wildman–Crippen MR) is 99.2 cm³/mol. The molecule has 0 aliphatic heterocycles. The smallest absolute Gasteiger partial charge is 0.277 e. The number of anilines is 1. The zero-order chi connectivity index (χ0) is 18.5. The number of thiazole rings is 1. The average molecular weight is 367 g/mol. The van der Waals surface area contributed by atoms with E-state index in [9.17, 15) is 9.59 Å². The number of benzene rings is 1. The second-order valence-electron chi connectivity index (χ2n) is 5.69. The molecule has 0 radical (unpaired) electrons. The molecule has 0 unspecified atom stereocenters. The number of nitrogens with one attached hydrogen (secondary N) is 1. The Labute approximate surface area is 154 Å². The lowest BCUT2D eigenvalue weighted by Gasteiger charge is -2.01. The molecule has 8 heteroatoms. The summed E-state index contributed by atoms with van der Waals surface area (Å²) in [7, 11) is 0. The predicted octanol–water partition coefficient (Wildman–Crippen LogP) is 2.38. The van der Waals surface area contributed by atoms with E-state index < -0.39 is 11.8 Å². The van der Waals surface area contributed by atoms with Gasteiger partial charge in [0, 0.05) is 17.3 Å². The molecule has 0 atom stereocenters. The Morgan fingerprint density at radius 1 is 1.15 bits per heavy atom. The first-order valence-corrected chi connectivity index (χ1v) is 8.77. The highest BCUT2D eigenvalue weighted by Gasteiger charge is 2.18. The SMILES string of the molecule is Cc1ccc(CCc2sc(NC(=O)c3cnccn3)nc2C(N)=O)cc1. The summed E-state index contributed by atoms with van der Waals surface area (Å²) >= 11 is 1.24. The number of primary amides is 1. The van der Waals surface area contributed by atoms with Crippen LogP contribution in [-0.4, -0.2) is 26.8 Å². The second kappa shape index (κ2) is 7.83. The summed E-state index contributed by atoms with van der Waals surface area (Å²) in [5.74, 6) is -1.05. The summed E-state index contributed by atoms with van der Waals surface area (Å²) < 4.78 is 0. The topological polar surface area (TPSA) is 111 Å². The molecule has 2 aromatic heterocycles. The minimum Gasteiger partial charge on any atom is -0.364 e. The molecule has 26 heavy (non-hydrogen) atoms. The number of hydrogen-bond donors (Lipinski definition) is 2. The number of aromatic nitrogens is 3. The van der Waals surface area contributed by atoms with Gasteiger partial charge in [0.05, 0.1) is 6.20 Å². The van der Waals surface area contributed by atoms with Crippen molar-refractivity contribution < 1.29 is 9.59 Å². The van der Waals surface area contributed by atoms with Crippen molar-refractivity contribution >= 4 is 28.3 Å². The molecule has 2 heterocycles. The van der Waals surface area contributed by atoms with Crippen LogP contribution in [0.5, 0.6) is 0 Å². The first-order valence-electron chi connectivity index (χ1n) is 7.95. The molecule has 3 N–H and O–H groups in total. The molecule has 0 fully saturated rings. The van der Waals surface area contributed by atoms with Crippen molar-refractivity contribution in [1.82, 2.24) is 15.0 Å². The van der Waals surface area contributed by atoms with Gasteiger partial charge in [-0.05, 0) is 25.3 Å². The Kier molecular flexibility index (Phi) is 5.33. The van der Waals surface area contributed by atoms with E-state index in [1.165, 1.54) is 35.5 Å². The van der Waals surface area contributed by atoms with Crippen LogP contribution in [0.1, 0.15) is 37.0 Å². The van der Waals surface area contributed by atoms with Crippen molar-refractivity contribution in [3.8, 4) is 0 Å². The van der Waals surface area contributed by atoms with E-state index in [4.69, 9.17) is 5.73 Å². The third-order valence-corrected chi connectivity index (χ3v) is 4.74. The van der Waals surface area contributed by atoms with E-state index in [-0.39, 0.29) is 11.4 Å². The molecule has 0 aliphatic carbocycles. The van der Waals surface area contributed by atoms with Crippen LogP contribution in [-0.2, 0) is 12.8 Å². The summed E-state index contributed by atoms with van der Waals surface area (Å²) in [5.41, 5.74) is 8.14. The van der Waals surface area contributed by atoms with Crippen LogP contribution < -0.4 is 11.1 Å². The number of rotatable bonds is 6. The molecule has 132 valence electrons. The molecule has 0 bridgehead atoms. The van der Waals surface area contributed by atoms with Crippen molar-refractivity contribution in [2.24, 2.45) is 5.73 Å². The van der Waals surface area contributed by atoms with Crippen LogP contribution in [0.15, 0.2) is 42.9 Å². The molecule has 1 aromatic carbocycles. The molecule has 0 spiro atoms. The van der Waals surface area contributed by atoms with Crippen molar-refractivity contribution in [3.05, 3.63) is 70.2 Å².